The van der Waals surface area contributed by atoms with Gasteiger partial charge in [0.05, 0.1) is 16.3 Å². The second kappa shape index (κ2) is 10.6. The Morgan fingerprint density at radius 1 is 1.21 bits per heavy atom. The molecule has 4 rings (SSSR count). The lowest BCUT2D eigenvalue weighted by Gasteiger charge is -2.33. The molecule has 2 aromatic carbocycles. The van der Waals surface area contributed by atoms with Crippen LogP contribution in [-0.4, -0.2) is 51.2 Å². The van der Waals surface area contributed by atoms with Gasteiger partial charge in [0.2, 0.25) is 0 Å². The van der Waals surface area contributed by atoms with Crippen LogP contribution in [0.5, 0.6) is 0 Å². The van der Waals surface area contributed by atoms with Crippen LogP contribution in [0.2, 0.25) is 0 Å². The normalized spacial score (nSPS) is 16.4. The first-order valence-corrected chi connectivity index (χ1v) is 11.6. The van der Waals surface area contributed by atoms with Crippen molar-refractivity contribution in [3.05, 3.63) is 76.2 Å². The van der Waals surface area contributed by atoms with Crippen molar-refractivity contribution in [1.82, 2.24) is 20.0 Å². The summed E-state index contributed by atoms with van der Waals surface area (Å²) in [4.78, 5) is 26.3. The van der Waals surface area contributed by atoms with Gasteiger partial charge < -0.3 is 10.2 Å². The molecule has 1 saturated heterocycles. The Hall–Kier alpha value is -3.59. The minimum atomic E-state index is -0.508. The van der Waals surface area contributed by atoms with E-state index in [-0.39, 0.29) is 28.5 Å². The number of nitro groups is 1. The molecule has 2 heterocycles. The Morgan fingerprint density at radius 2 is 2.03 bits per heavy atom. The van der Waals surface area contributed by atoms with Crippen LogP contribution in [0, 0.1) is 15.9 Å². The van der Waals surface area contributed by atoms with Gasteiger partial charge in [0, 0.05) is 36.8 Å². The average Bonchev–Trinajstić information content (AvgIpc) is 3.28. The van der Waals surface area contributed by atoms with Gasteiger partial charge in [0.15, 0.2) is 0 Å². The molecule has 178 valence electrons. The van der Waals surface area contributed by atoms with Gasteiger partial charge >= 0.3 is 0 Å². The summed E-state index contributed by atoms with van der Waals surface area (Å²) in [6.07, 6.45) is 4.48. The summed E-state index contributed by atoms with van der Waals surface area (Å²) in [5, 5.41) is 18.6. The van der Waals surface area contributed by atoms with E-state index in [9.17, 15) is 19.3 Å². The lowest BCUT2D eigenvalue weighted by Crippen LogP contribution is -2.39. The number of hydrogen-bond acceptors (Lipinski definition) is 5. The Balaban J connectivity index is 1.56. The molecule has 8 nitrogen and oxygen atoms in total. The SMILES string of the molecule is CC1CCCCN1CCCNC(=O)c1cc(-c2ccccc2F)nn1-c1cccc([N+](=O)[O-])c1. The number of non-ortho nitro benzene ring substituents is 1. The summed E-state index contributed by atoms with van der Waals surface area (Å²) in [5.74, 6) is -0.831. The number of rotatable bonds is 8. The van der Waals surface area contributed by atoms with E-state index in [1.165, 1.54) is 54.3 Å². The summed E-state index contributed by atoms with van der Waals surface area (Å²) < 4.78 is 15.7. The molecule has 0 radical (unpaired) electrons. The van der Waals surface area contributed by atoms with Crippen molar-refractivity contribution in [2.24, 2.45) is 0 Å². The lowest BCUT2D eigenvalue weighted by atomic mass is 10.0. The maximum Gasteiger partial charge on any atom is 0.271 e. The number of nitrogens with zero attached hydrogens (tertiary/aromatic N) is 4. The molecular weight excluding hydrogens is 437 g/mol. The van der Waals surface area contributed by atoms with E-state index in [0.717, 1.165) is 19.5 Å². The average molecular weight is 466 g/mol. The Kier molecular flexibility index (Phi) is 7.32. The number of hydrogen-bond donors (Lipinski definition) is 1. The monoisotopic (exact) mass is 465 g/mol. The second-order valence-corrected chi connectivity index (χ2v) is 8.57. The number of likely N-dealkylation sites (tertiary alicyclic amines) is 1. The topological polar surface area (TPSA) is 93.3 Å². The van der Waals surface area contributed by atoms with Gasteiger partial charge in [-0.3, -0.25) is 14.9 Å². The quantitative estimate of drug-likeness (QED) is 0.299. The number of piperidine rings is 1. The maximum absolute atomic E-state index is 14.4. The van der Waals surface area contributed by atoms with Crippen LogP contribution in [-0.2, 0) is 0 Å². The molecule has 0 bridgehead atoms. The smallest absolute Gasteiger partial charge is 0.271 e. The highest BCUT2D eigenvalue weighted by atomic mass is 19.1. The fourth-order valence-corrected chi connectivity index (χ4v) is 4.34. The maximum atomic E-state index is 14.4. The Labute approximate surface area is 197 Å². The fraction of sp³-hybridized carbons (Fsp3) is 0.360. The van der Waals surface area contributed by atoms with Crippen molar-refractivity contribution in [2.75, 3.05) is 19.6 Å². The number of aromatic nitrogens is 2. The molecule has 1 aliphatic heterocycles. The molecule has 1 atom stereocenters. The number of amides is 1. The summed E-state index contributed by atoms with van der Waals surface area (Å²) >= 11 is 0. The summed E-state index contributed by atoms with van der Waals surface area (Å²) in [5.41, 5.74) is 0.938. The van der Waals surface area contributed by atoms with E-state index < -0.39 is 10.7 Å². The van der Waals surface area contributed by atoms with Crippen molar-refractivity contribution in [3.63, 3.8) is 0 Å². The summed E-state index contributed by atoms with van der Waals surface area (Å²) in [6, 6.07) is 14.1. The van der Waals surface area contributed by atoms with Gasteiger partial charge in [-0.25, -0.2) is 9.07 Å². The van der Waals surface area contributed by atoms with Crippen molar-refractivity contribution >= 4 is 11.6 Å². The first-order chi connectivity index (χ1) is 16.4. The lowest BCUT2D eigenvalue weighted by molar-refractivity contribution is -0.384. The van der Waals surface area contributed by atoms with Gasteiger partial charge in [-0.05, 0) is 57.0 Å². The number of nitrogens with one attached hydrogen (secondary N) is 1. The van der Waals surface area contributed by atoms with Crippen molar-refractivity contribution < 1.29 is 14.1 Å². The third-order valence-electron chi connectivity index (χ3n) is 6.23. The largest absolute Gasteiger partial charge is 0.351 e. The molecule has 1 N–H and O–H groups in total. The van der Waals surface area contributed by atoms with Crippen molar-refractivity contribution in [1.29, 1.82) is 0 Å². The molecule has 3 aromatic rings. The molecular formula is C25H28FN5O3. The minimum Gasteiger partial charge on any atom is -0.351 e. The van der Waals surface area contributed by atoms with Crippen LogP contribution >= 0.6 is 0 Å². The summed E-state index contributed by atoms with van der Waals surface area (Å²) in [6.45, 7) is 4.71. The zero-order valence-electron chi connectivity index (χ0n) is 19.1. The number of halogens is 1. The van der Waals surface area contributed by atoms with Crippen LogP contribution in [0.1, 0.15) is 43.1 Å². The molecule has 0 aliphatic carbocycles. The van der Waals surface area contributed by atoms with Gasteiger partial charge in [0.1, 0.15) is 11.5 Å². The standard InChI is InChI=1S/C25H28FN5O3/c1-18-8-4-5-14-29(18)15-7-13-27-25(32)24-17-23(21-11-2-3-12-22(21)26)28-30(24)19-9-6-10-20(16-19)31(33)34/h2-3,6,9-12,16-18H,4-5,7-8,13-15H2,1H3,(H,27,32). The second-order valence-electron chi connectivity index (χ2n) is 8.57. The number of nitro benzene ring substituents is 1. The first-order valence-electron chi connectivity index (χ1n) is 11.6. The molecule has 0 spiro atoms. The van der Waals surface area contributed by atoms with Crippen LogP contribution in [0.4, 0.5) is 10.1 Å². The molecule has 1 fully saturated rings. The van der Waals surface area contributed by atoms with Gasteiger partial charge in [-0.2, -0.15) is 5.10 Å². The van der Waals surface area contributed by atoms with E-state index in [4.69, 9.17) is 0 Å². The van der Waals surface area contributed by atoms with Crippen LogP contribution in [0.3, 0.4) is 0 Å². The van der Waals surface area contributed by atoms with Gasteiger partial charge in [-0.1, -0.05) is 24.6 Å². The molecule has 1 unspecified atom stereocenters. The molecule has 1 aliphatic rings. The van der Waals surface area contributed by atoms with Crippen LogP contribution in [0.25, 0.3) is 16.9 Å². The molecule has 34 heavy (non-hydrogen) atoms. The zero-order valence-corrected chi connectivity index (χ0v) is 19.1. The van der Waals surface area contributed by atoms with Crippen LogP contribution < -0.4 is 5.32 Å². The van der Waals surface area contributed by atoms with Gasteiger partial charge in [0.25, 0.3) is 11.6 Å². The highest BCUT2D eigenvalue weighted by Gasteiger charge is 2.21. The Morgan fingerprint density at radius 3 is 2.79 bits per heavy atom. The van der Waals surface area contributed by atoms with Gasteiger partial charge in [-0.15, -0.1) is 0 Å². The van der Waals surface area contributed by atoms with E-state index in [0.29, 0.717) is 18.3 Å². The third-order valence-corrected chi connectivity index (χ3v) is 6.23. The molecule has 1 amide bonds. The molecule has 1 aromatic heterocycles. The third kappa shape index (κ3) is 5.31. The number of benzene rings is 2. The molecule has 0 saturated carbocycles. The fourth-order valence-electron chi connectivity index (χ4n) is 4.34. The minimum absolute atomic E-state index is 0.123. The van der Waals surface area contributed by atoms with E-state index in [1.807, 2.05) is 0 Å². The van der Waals surface area contributed by atoms with Crippen molar-refractivity contribution in [3.8, 4) is 16.9 Å². The highest BCUT2D eigenvalue weighted by Crippen LogP contribution is 2.25. The molecule has 9 heteroatoms. The Bertz CT molecular complexity index is 1180. The zero-order chi connectivity index (χ0) is 24.1. The predicted molar refractivity (Wildman–Crippen MR) is 127 cm³/mol. The van der Waals surface area contributed by atoms with Crippen LogP contribution in [0.15, 0.2) is 54.6 Å². The number of carbonyl (C=O) groups is 1. The predicted octanol–water partition coefficient (Wildman–Crippen LogP) is 4.58. The van der Waals surface area contributed by atoms with E-state index in [2.05, 4.69) is 22.2 Å². The van der Waals surface area contributed by atoms with E-state index >= 15 is 0 Å². The number of carbonyl (C=O) groups excluding carboxylic acids is 1. The van der Waals surface area contributed by atoms with Crippen molar-refractivity contribution in [2.45, 2.75) is 38.6 Å². The highest BCUT2D eigenvalue weighted by molar-refractivity contribution is 5.94. The summed E-state index contributed by atoms with van der Waals surface area (Å²) in [7, 11) is 0. The first kappa shape index (κ1) is 23.6. The van der Waals surface area contributed by atoms with E-state index in [1.54, 1.807) is 24.3 Å².